The van der Waals surface area contributed by atoms with E-state index >= 15 is 4.79 Å². The lowest BCUT2D eigenvalue weighted by molar-refractivity contribution is -0.255. The molecule has 13 heteroatoms. The van der Waals surface area contributed by atoms with E-state index in [1.165, 1.54) is 6.07 Å². The van der Waals surface area contributed by atoms with E-state index in [1.54, 1.807) is 53.4 Å². The minimum absolute atomic E-state index is 0.00828. The third kappa shape index (κ3) is 10.2. The van der Waals surface area contributed by atoms with E-state index in [0.717, 1.165) is 42.4 Å². The molecule has 4 aliphatic rings. The lowest BCUT2D eigenvalue weighted by atomic mass is 9.55. The van der Waals surface area contributed by atoms with Crippen molar-refractivity contribution in [3.05, 3.63) is 143 Å². The fourth-order valence-corrected chi connectivity index (χ4v) is 10.1. The smallest absolute Gasteiger partial charge is 0.254 e. The second-order valence-corrected chi connectivity index (χ2v) is 18.7. The van der Waals surface area contributed by atoms with Crippen LogP contribution in [0.4, 0.5) is 4.39 Å². The molecule has 2 heterocycles. The largest absolute Gasteiger partial charge is 0.489 e. The number of hydrogen-bond acceptors (Lipinski definition) is 11. The first-order valence-corrected chi connectivity index (χ1v) is 23.3. The number of nitrogens with zero attached hydrogens (tertiary/aromatic N) is 3. The average molecular weight is 914 g/mol. The number of carbonyl (C=O) groups excluding carboxylic acids is 1. The van der Waals surface area contributed by atoms with Gasteiger partial charge in [-0.05, 0) is 130 Å². The Hall–Kier alpha value is -6.20. The second kappa shape index (κ2) is 20.8. The number of ether oxygens (including phenoxy) is 5. The van der Waals surface area contributed by atoms with Gasteiger partial charge in [0.05, 0.1) is 29.9 Å². The number of benzene rings is 4. The molecule has 8 rings (SSSR count). The summed E-state index contributed by atoms with van der Waals surface area (Å²) in [5, 5.41) is 34.7. The summed E-state index contributed by atoms with van der Waals surface area (Å²) in [6, 6.07) is 25.7. The molecule has 0 spiro atoms. The van der Waals surface area contributed by atoms with Crippen LogP contribution in [0.3, 0.4) is 0 Å². The highest BCUT2D eigenvalue weighted by Crippen LogP contribution is 2.62. The van der Waals surface area contributed by atoms with Gasteiger partial charge in [0.15, 0.2) is 11.5 Å². The number of unbranched alkanes of at least 4 members (excludes halogenated alkanes) is 2. The number of oxime groups is 1. The zero-order valence-corrected chi connectivity index (χ0v) is 38.5. The summed E-state index contributed by atoms with van der Waals surface area (Å²) in [7, 11) is 0. The second-order valence-electron chi connectivity index (χ2n) is 18.7. The van der Waals surface area contributed by atoms with Gasteiger partial charge in [0, 0.05) is 48.8 Å². The molecule has 6 atom stereocenters. The van der Waals surface area contributed by atoms with E-state index in [9.17, 15) is 19.9 Å². The van der Waals surface area contributed by atoms with E-state index in [2.05, 4.69) is 18.7 Å². The summed E-state index contributed by atoms with van der Waals surface area (Å²) < 4.78 is 47.3. The van der Waals surface area contributed by atoms with Gasteiger partial charge < -0.3 is 43.6 Å². The van der Waals surface area contributed by atoms with Gasteiger partial charge in [-0.2, -0.15) is 5.26 Å². The Morgan fingerprint density at radius 1 is 0.970 bits per heavy atom. The van der Waals surface area contributed by atoms with Crippen LogP contribution >= 0.6 is 0 Å². The number of nitriles is 1. The molecule has 12 nitrogen and oxygen atoms in total. The zero-order chi connectivity index (χ0) is 47.1. The van der Waals surface area contributed by atoms with Crippen molar-refractivity contribution in [2.24, 2.45) is 22.9 Å². The molecule has 352 valence electrons. The summed E-state index contributed by atoms with van der Waals surface area (Å²) in [5.41, 5.74) is 3.72. The van der Waals surface area contributed by atoms with E-state index in [4.69, 9.17) is 33.7 Å². The SMILES string of the molecule is C=CCOC12Oc3ccc(OCc4ccccc4F)cc3C3C(CCCCO)C(CCCCO)C=C(C(=NOC(C)(C)C)CC1N(Cc1ccc4c(c1)OCO4)C(=O)c1ccc(C#N)cc1)C32. The van der Waals surface area contributed by atoms with Crippen LogP contribution in [0.2, 0.25) is 0 Å². The number of allylic oxidation sites excluding steroid dienone is 1. The summed E-state index contributed by atoms with van der Waals surface area (Å²) in [4.78, 5) is 23.6. The number of amides is 1. The topological polar surface area (TPSA) is 152 Å². The third-order valence-corrected chi connectivity index (χ3v) is 13.1. The molecular formula is C54H60FN3O9. The quantitative estimate of drug-likeness (QED) is 0.0528. The van der Waals surface area contributed by atoms with E-state index in [0.29, 0.717) is 58.2 Å². The van der Waals surface area contributed by atoms with Crippen molar-refractivity contribution >= 4 is 11.6 Å². The van der Waals surface area contributed by atoms with Crippen molar-refractivity contribution in [1.29, 1.82) is 5.26 Å². The highest BCUT2D eigenvalue weighted by molar-refractivity contribution is 6.03. The highest BCUT2D eigenvalue weighted by Gasteiger charge is 2.65. The molecule has 4 aromatic carbocycles. The highest BCUT2D eigenvalue weighted by atomic mass is 19.1. The van der Waals surface area contributed by atoms with Gasteiger partial charge in [-0.3, -0.25) is 4.79 Å². The molecule has 0 saturated heterocycles. The van der Waals surface area contributed by atoms with Crippen LogP contribution in [0, 0.1) is 34.9 Å². The standard InChI is InChI=1S/C54H60FN3O9/c1-5-26-65-54-49(58(52(61)37-19-16-35(31-56)17-20-37)32-36-18-22-47-48(27-36)64-34-63-47)30-45(57-67-53(2,3)4)42-28-38(12-8-10-24-59)41(14-9-11-25-60)50(51(42)54)43-29-40(21-23-46(43)66-54)62-33-39-13-6-7-15-44(39)55/h5-7,13,15-23,27-29,38,41,49-51,59-60H,1,8-12,14,24-26,30,32-34H2,2-4H3. The molecule has 1 amide bonds. The van der Waals surface area contributed by atoms with Gasteiger partial charge in [-0.15, -0.1) is 6.58 Å². The lowest BCUT2D eigenvalue weighted by Crippen LogP contribution is -2.70. The van der Waals surface area contributed by atoms with Crippen LogP contribution in [-0.2, 0) is 22.7 Å². The van der Waals surface area contributed by atoms with Gasteiger partial charge in [0.2, 0.25) is 12.6 Å². The van der Waals surface area contributed by atoms with Crippen molar-refractivity contribution in [2.45, 2.75) is 102 Å². The van der Waals surface area contributed by atoms with Crippen LogP contribution in [0.5, 0.6) is 23.0 Å². The first kappa shape index (κ1) is 47.3. The average Bonchev–Trinajstić information content (AvgIpc) is 3.80. The summed E-state index contributed by atoms with van der Waals surface area (Å²) in [5.74, 6) is -0.885. The molecule has 2 aliphatic carbocycles. The normalized spacial score (nSPS) is 23.0. The predicted octanol–water partition coefficient (Wildman–Crippen LogP) is 9.78. The molecule has 1 saturated carbocycles. The predicted molar refractivity (Wildman–Crippen MR) is 250 cm³/mol. The van der Waals surface area contributed by atoms with E-state index in [1.807, 2.05) is 57.2 Å². The summed E-state index contributed by atoms with van der Waals surface area (Å²) in [6.07, 6.45) is 8.45. The summed E-state index contributed by atoms with van der Waals surface area (Å²) >= 11 is 0. The summed E-state index contributed by atoms with van der Waals surface area (Å²) in [6.45, 7) is 10.3. The maximum absolute atomic E-state index is 15.5. The first-order valence-electron chi connectivity index (χ1n) is 23.3. The molecule has 6 unspecified atom stereocenters. The van der Waals surface area contributed by atoms with Crippen LogP contribution < -0.4 is 18.9 Å². The fourth-order valence-electron chi connectivity index (χ4n) is 10.1. The maximum atomic E-state index is 15.5. The van der Waals surface area contributed by atoms with Crippen molar-refractivity contribution in [1.82, 2.24) is 4.90 Å². The van der Waals surface area contributed by atoms with Gasteiger partial charge >= 0.3 is 0 Å². The van der Waals surface area contributed by atoms with Gasteiger partial charge in [-0.25, -0.2) is 4.39 Å². The maximum Gasteiger partial charge on any atom is 0.254 e. The Labute approximate surface area is 392 Å². The fraction of sp³-hybridized carbons (Fsp3) is 0.426. The number of halogens is 1. The molecule has 2 aliphatic heterocycles. The number of carbonyl (C=O) groups is 1. The molecule has 0 radical (unpaired) electrons. The number of fused-ring (bicyclic) bond motifs is 3. The van der Waals surface area contributed by atoms with Crippen LogP contribution in [0.15, 0.2) is 114 Å². The number of hydrogen-bond donors (Lipinski definition) is 2. The van der Waals surface area contributed by atoms with Crippen LogP contribution in [0.1, 0.15) is 104 Å². The van der Waals surface area contributed by atoms with Gasteiger partial charge in [0.1, 0.15) is 35.6 Å². The lowest BCUT2D eigenvalue weighted by Gasteiger charge is -2.60. The van der Waals surface area contributed by atoms with Crippen molar-refractivity contribution in [2.75, 3.05) is 26.6 Å². The molecule has 2 N–H and O–H groups in total. The van der Waals surface area contributed by atoms with Gasteiger partial charge in [0.25, 0.3) is 5.91 Å². The molecule has 4 aromatic rings. The molecular weight excluding hydrogens is 854 g/mol. The van der Waals surface area contributed by atoms with E-state index < -0.39 is 23.3 Å². The van der Waals surface area contributed by atoms with E-state index in [-0.39, 0.29) is 75.7 Å². The first-order chi connectivity index (χ1) is 32.5. The number of aliphatic hydroxyl groups excluding tert-OH is 2. The molecule has 0 aromatic heterocycles. The Kier molecular flexibility index (Phi) is 14.7. The Balaban J connectivity index is 1.35. The van der Waals surface area contributed by atoms with Crippen molar-refractivity contribution in [3.63, 3.8) is 0 Å². The third-order valence-electron chi connectivity index (χ3n) is 13.1. The zero-order valence-electron chi connectivity index (χ0n) is 38.5. The molecule has 1 fully saturated rings. The number of rotatable bonds is 19. The van der Waals surface area contributed by atoms with Crippen LogP contribution in [0.25, 0.3) is 0 Å². The molecule has 67 heavy (non-hydrogen) atoms. The van der Waals surface area contributed by atoms with Crippen molar-refractivity contribution in [3.8, 4) is 29.1 Å². The van der Waals surface area contributed by atoms with Crippen molar-refractivity contribution < 1.29 is 47.9 Å². The Bertz CT molecular complexity index is 2510. The van der Waals surface area contributed by atoms with Crippen LogP contribution in [-0.4, -0.2) is 70.8 Å². The number of aliphatic hydroxyl groups is 2. The minimum Gasteiger partial charge on any atom is -0.489 e. The monoisotopic (exact) mass is 913 g/mol. The molecule has 0 bridgehead atoms. The van der Waals surface area contributed by atoms with Gasteiger partial charge in [-0.1, -0.05) is 54.4 Å². The Morgan fingerprint density at radius 2 is 1.72 bits per heavy atom. The Morgan fingerprint density at radius 3 is 2.45 bits per heavy atom. The minimum atomic E-state index is -1.54.